The third-order valence-electron chi connectivity index (χ3n) is 5.07. The highest BCUT2D eigenvalue weighted by molar-refractivity contribution is 5.81. The van der Waals surface area contributed by atoms with E-state index in [0.29, 0.717) is 16.7 Å². The second-order valence-electron chi connectivity index (χ2n) is 7.12. The van der Waals surface area contributed by atoms with Crippen LogP contribution in [0.5, 0.6) is 0 Å². The first-order valence-corrected chi connectivity index (χ1v) is 9.40. The molecule has 144 valence electrons. The highest BCUT2D eigenvalue weighted by Gasteiger charge is 2.29. The summed E-state index contributed by atoms with van der Waals surface area (Å²) < 4.78 is 5.14. The molecule has 7 heteroatoms. The molecule has 27 heavy (non-hydrogen) atoms. The van der Waals surface area contributed by atoms with Gasteiger partial charge in [0.1, 0.15) is 5.82 Å². The monoisotopic (exact) mass is 371 g/mol. The van der Waals surface area contributed by atoms with Crippen LogP contribution >= 0.6 is 0 Å². The molecule has 1 saturated heterocycles. The maximum atomic E-state index is 12.4. The molecule has 2 heterocycles. The summed E-state index contributed by atoms with van der Waals surface area (Å²) in [5.41, 5.74) is 0.361. The number of esters is 1. The van der Waals surface area contributed by atoms with Crippen molar-refractivity contribution in [2.24, 2.45) is 0 Å². The minimum absolute atomic E-state index is 0.0552. The van der Waals surface area contributed by atoms with Crippen molar-refractivity contribution in [3.63, 3.8) is 0 Å². The number of aromatic amines is 1. The van der Waals surface area contributed by atoms with E-state index in [0.717, 1.165) is 19.3 Å². The smallest absolute Gasteiger partial charge is 0.306 e. The van der Waals surface area contributed by atoms with E-state index < -0.39 is 5.97 Å². The van der Waals surface area contributed by atoms with Crippen LogP contribution in [-0.2, 0) is 20.7 Å². The molecular formula is C20H25N3O4. The van der Waals surface area contributed by atoms with Gasteiger partial charge < -0.3 is 14.6 Å². The third kappa shape index (κ3) is 4.53. The lowest BCUT2D eigenvalue weighted by molar-refractivity contribution is -0.154. The van der Waals surface area contributed by atoms with E-state index in [1.165, 1.54) is 0 Å². The van der Waals surface area contributed by atoms with Crippen molar-refractivity contribution in [1.82, 2.24) is 14.9 Å². The Morgan fingerprint density at radius 1 is 1.22 bits per heavy atom. The number of aromatic nitrogens is 2. The molecule has 2 atom stereocenters. The summed E-state index contributed by atoms with van der Waals surface area (Å²) in [5, 5.41) is 0.513. The van der Waals surface area contributed by atoms with Gasteiger partial charge in [-0.15, -0.1) is 0 Å². The van der Waals surface area contributed by atoms with Gasteiger partial charge in [0.2, 0.25) is 0 Å². The van der Waals surface area contributed by atoms with E-state index in [9.17, 15) is 14.4 Å². The lowest BCUT2D eigenvalue weighted by atomic mass is 9.97. The molecule has 1 aliphatic heterocycles. The number of hydrogen-bond donors (Lipinski definition) is 1. The first-order chi connectivity index (χ1) is 13.0. The molecule has 1 aliphatic rings. The fourth-order valence-electron chi connectivity index (χ4n) is 3.68. The van der Waals surface area contributed by atoms with Crippen molar-refractivity contribution in [1.29, 1.82) is 0 Å². The second-order valence-corrected chi connectivity index (χ2v) is 7.12. The summed E-state index contributed by atoms with van der Waals surface area (Å²) in [6, 6.07) is 7.39. The average Bonchev–Trinajstić information content (AvgIpc) is 2.64. The van der Waals surface area contributed by atoms with Gasteiger partial charge in [-0.25, -0.2) is 4.98 Å². The second kappa shape index (κ2) is 8.33. The summed E-state index contributed by atoms with van der Waals surface area (Å²) in [5.74, 6) is -0.197. The number of nitrogens with one attached hydrogen (secondary N) is 1. The molecule has 0 saturated carbocycles. The normalized spacial score (nSPS) is 19.9. The van der Waals surface area contributed by atoms with E-state index in [-0.39, 0.29) is 43.0 Å². The molecular weight excluding hydrogens is 346 g/mol. The zero-order valence-corrected chi connectivity index (χ0v) is 15.7. The van der Waals surface area contributed by atoms with Gasteiger partial charge in [0, 0.05) is 18.5 Å². The predicted molar refractivity (Wildman–Crippen MR) is 101 cm³/mol. The Labute approximate surface area is 157 Å². The summed E-state index contributed by atoms with van der Waals surface area (Å²) in [6.07, 6.45) is 3.38. The van der Waals surface area contributed by atoms with Crippen LogP contribution < -0.4 is 5.56 Å². The molecule has 0 unspecified atom stereocenters. The van der Waals surface area contributed by atoms with Crippen LogP contribution in [0.2, 0.25) is 0 Å². The molecule has 1 aromatic heterocycles. The Morgan fingerprint density at radius 3 is 2.67 bits per heavy atom. The molecule has 3 rings (SSSR count). The van der Waals surface area contributed by atoms with Crippen LogP contribution in [0.15, 0.2) is 29.1 Å². The number of carbonyl (C=O) groups is 2. The van der Waals surface area contributed by atoms with Crippen molar-refractivity contribution in [2.75, 3.05) is 6.61 Å². The molecule has 1 fully saturated rings. The van der Waals surface area contributed by atoms with Crippen LogP contribution in [0.25, 0.3) is 10.9 Å². The fourth-order valence-corrected chi connectivity index (χ4v) is 3.68. The molecule has 0 aliphatic carbocycles. The van der Waals surface area contributed by atoms with Gasteiger partial charge in [0.15, 0.2) is 6.61 Å². The molecule has 1 amide bonds. The van der Waals surface area contributed by atoms with Crippen molar-refractivity contribution in [3.05, 3.63) is 40.4 Å². The summed E-state index contributed by atoms with van der Waals surface area (Å²) >= 11 is 0. The van der Waals surface area contributed by atoms with Crippen LogP contribution in [0.3, 0.4) is 0 Å². The number of amides is 1. The summed E-state index contributed by atoms with van der Waals surface area (Å²) in [4.78, 5) is 45.3. The molecule has 1 N–H and O–H groups in total. The lowest BCUT2D eigenvalue weighted by Crippen LogP contribution is -2.49. The zero-order chi connectivity index (χ0) is 19.4. The third-order valence-corrected chi connectivity index (χ3v) is 5.07. The number of hydrogen-bond acceptors (Lipinski definition) is 5. The Bertz CT molecular complexity index is 882. The Balaban J connectivity index is 1.53. The molecule has 7 nitrogen and oxygen atoms in total. The van der Waals surface area contributed by atoms with Gasteiger partial charge >= 0.3 is 5.97 Å². The number of aryl methyl sites for hydroxylation is 1. The minimum atomic E-state index is -0.475. The number of benzene rings is 1. The molecule has 0 radical (unpaired) electrons. The number of H-pyrrole nitrogens is 1. The van der Waals surface area contributed by atoms with Gasteiger partial charge in [-0.05, 0) is 45.2 Å². The van der Waals surface area contributed by atoms with Gasteiger partial charge in [0.05, 0.1) is 17.3 Å². The minimum Gasteiger partial charge on any atom is -0.456 e. The van der Waals surface area contributed by atoms with Crippen molar-refractivity contribution in [3.8, 4) is 0 Å². The molecule has 2 aromatic rings. The van der Waals surface area contributed by atoms with E-state index in [1.54, 1.807) is 24.3 Å². The number of ether oxygens (including phenoxy) is 1. The first-order valence-electron chi connectivity index (χ1n) is 9.40. The quantitative estimate of drug-likeness (QED) is 0.814. The molecule has 0 spiro atoms. The standard InChI is InChI=1S/C20H25N3O4/c1-13-6-5-7-14(2)23(13)18(24)12-27-19(25)11-10-17-21-16-9-4-3-8-15(16)20(26)22-17/h3-4,8-9,13-14H,5-7,10-12H2,1-2H3,(H,21,22,26)/t13-,14+. The van der Waals surface area contributed by atoms with Crippen LogP contribution in [0.4, 0.5) is 0 Å². The number of carbonyl (C=O) groups excluding carboxylic acids is 2. The highest BCUT2D eigenvalue weighted by Crippen LogP contribution is 2.22. The van der Waals surface area contributed by atoms with E-state index in [1.807, 2.05) is 18.7 Å². The Kier molecular flexibility index (Phi) is 5.88. The number of piperidine rings is 1. The highest BCUT2D eigenvalue weighted by atomic mass is 16.5. The van der Waals surface area contributed by atoms with E-state index in [2.05, 4.69) is 9.97 Å². The maximum absolute atomic E-state index is 12.4. The van der Waals surface area contributed by atoms with Crippen molar-refractivity contribution < 1.29 is 14.3 Å². The summed E-state index contributed by atoms with van der Waals surface area (Å²) in [6.45, 7) is 3.81. The predicted octanol–water partition coefficient (Wildman–Crippen LogP) is 2.19. The Morgan fingerprint density at radius 2 is 1.93 bits per heavy atom. The summed E-state index contributed by atoms with van der Waals surface area (Å²) in [7, 11) is 0. The average molecular weight is 371 g/mol. The zero-order valence-electron chi connectivity index (χ0n) is 15.7. The van der Waals surface area contributed by atoms with Gasteiger partial charge in [-0.1, -0.05) is 12.1 Å². The van der Waals surface area contributed by atoms with E-state index >= 15 is 0 Å². The molecule has 1 aromatic carbocycles. The van der Waals surface area contributed by atoms with Crippen LogP contribution in [0, 0.1) is 0 Å². The van der Waals surface area contributed by atoms with Gasteiger partial charge in [0.25, 0.3) is 11.5 Å². The number of fused-ring (bicyclic) bond motifs is 1. The van der Waals surface area contributed by atoms with Gasteiger partial charge in [-0.2, -0.15) is 0 Å². The van der Waals surface area contributed by atoms with Crippen LogP contribution in [0.1, 0.15) is 45.4 Å². The SMILES string of the molecule is C[C@@H]1CCC[C@H](C)N1C(=O)COC(=O)CCc1nc2ccccc2c(=O)[nH]1. The number of nitrogens with zero attached hydrogens (tertiary/aromatic N) is 2. The van der Waals surface area contributed by atoms with Crippen molar-refractivity contribution >= 4 is 22.8 Å². The topological polar surface area (TPSA) is 92.4 Å². The number of likely N-dealkylation sites (tertiary alicyclic amines) is 1. The first kappa shape index (κ1) is 19.1. The lowest BCUT2D eigenvalue weighted by Gasteiger charge is -2.38. The number of rotatable bonds is 5. The number of para-hydroxylation sites is 1. The molecule has 0 bridgehead atoms. The van der Waals surface area contributed by atoms with Crippen LogP contribution in [-0.4, -0.2) is 45.4 Å². The largest absolute Gasteiger partial charge is 0.456 e. The van der Waals surface area contributed by atoms with Crippen molar-refractivity contribution in [2.45, 2.75) is 58.0 Å². The van der Waals surface area contributed by atoms with Gasteiger partial charge in [-0.3, -0.25) is 14.4 Å². The maximum Gasteiger partial charge on any atom is 0.306 e. The van der Waals surface area contributed by atoms with E-state index in [4.69, 9.17) is 4.74 Å². The fraction of sp³-hybridized carbons (Fsp3) is 0.500. The Hall–Kier alpha value is -2.70.